The normalized spacial score (nSPS) is 24.3. The van der Waals surface area contributed by atoms with Crippen LogP contribution in [0.2, 0.25) is 0 Å². The number of nitrogens with one attached hydrogen (secondary N) is 2. The molecule has 2 aromatic heterocycles. The van der Waals surface area contributed by atoms with Crippen molar-refractivity contribution in [2.24, 2.45) is 0 Å². The van der Waals surface area contributed by atoms with Gasteiger partial charge in [-0.3, -0.25) is 0 Å². The molecule has 5 heteroatoms. The number of fused-ring (bicyclic) bond motifs is 1. The van der Waals surface area contributed by atoms with Crippen molar-refractivity contribution in [2.75, 3.05) is 11.9 Å². The van der Waals surface area contributed by atoms with Crippen LogP contribution in [-0.2, 0) is 0 Å². The Hall–Kier alpha value is -1.62. The number of piperidine rings is 1. The van der Waals surface area contributed by atoms with Crippen molar-refractivity contribution in [3.8, 4) is 0 Å². The lowest BCUT2D eigenvalue weighted by atomic mass is 10.0. The van der Waals surface area contributed by atoms with Gasteiger partial charge in [-0.15, -0.1) is 5.10 Å². The van der Waals surface area contributed by atoms with E-state index in [1.54, 1.807) is 0 Å². The third kappa shape index (κ3) is 2.18. The van der Waals surface area contributed by atoms with E-state index in [1.807, 2.05) is 16.8 Å². The molecule has 0 radical (unpaired) electrons. The van der Waals surface area contributed by atoms with E-state index in [0.717, 1.165) is 36.5 Å². The number of aromatic nitrogens is 3. The third-order valence-electron chi connectivity index (χ3n) is 3.51. The van der Waals surface area contributed by atoms with Gasteiger partial charge in [-0.25, -0.2) is 4.52 Å². The van der Waals surface area contributed by atoms with Crippen LogP contribution in [0.1, 0.15) is 25.3 Å². The molecule has 3 rings (SSSR count). The fourth-order valence-electron chi connectivity index (χ4n) is 2.55. The van der Waals surface area contributed by atoms with Gasteiger partial charge in [-0.2, -0.15) is 4.98 Å². The van der Waals surface area contributed by atoms with Crippen LogP contribution in [0.4, 0.5) is 5.95 Å². The molecule has 1 aliphatic heterocycles. The molecule has 2 unspecified atom stereocenters. The predicted octanol–water partition coefficient (Wildman–Crippen LogP) is 1.59. The van der Waals surface area contributed by atoms with Gasteiger partial charge in [0.15, 0.2) is 5.65 Å². The van der Waals surface area contributed by atoms with Crippen LogP contribution in [-0.4, -0.2) is 33.2 Å². The van der Waals surface area contributed by atoms with Crippen LogP contribution in [0.15, 0.2) is 18.3 Å². The molecule has 0 aromatic carbocycles. The maximum Gasteiger partial charge on any atom is 0.243 e. The molecule has 96 valence electrons. The number of hydrogen-bond donors (Lipinski definition) is 2. The molecule has 0 spiro atoms. The smallest absolute Gasteiger partial charge is 0.243 e. The van der Waals surface area contributed by atoms with Gasteiger partial charge >= 0.3 is 0 Å². The van der Waals surface area contributed by atoms with Crippen molar-refractivity contribution in [3.63, 3.8) is 0 Å². The molecule has 1 aliphatic rings. The molecule has 2 atom stereocenters. The average Bonchev–Trinajstić information content (AvgIpc) is 2.73. The molecule has 0 amide bonds. The van der Waals surface area contributed by atoms with Gasteiger partial charge in [0.2, 0.25) is 5.95 Å². The minimum Gasteiger partial charge on any atom is -0.350 e. The van der Waals surface area contributed by atoms with Crippen molar-refractivity contribution in [1.82, 2.24) is 19.9 Å². The van der Waals surface area contributed by atoms with Gasteiger partial charge < -0.3 is 10.6 Å². The Morgan fingerprint density at radius 2 is 2.39 bits per heavy atom. The number of anilines is 1. The molecular formula is C13H19N5. The Labute approximate surface area is 107 Å². The summed E-state index contributed by atoms with van der Waals surface area (Å²) in [5.74, 6) is 0.739. The first-order valence-electron chi connectivity index (χ1n) is 6.54. The Bertz CT molecular complexity index is 547. The summed E-state index contributed by atoms with van der Waals surface area (Å²) in [5.41, 5.74) is 2.08. The van der Waals surface area contributed by atoms with Crippen molar-refractivity contribution < 1.29 is 0 Å². The summed E-state index contributed by atoms with van der Waals surface area (Å²) < 4.78 is 1.84. The number of nitrogens with zero attached hydrogens (tertiary/aromatic N) is 3. The van der Waals surface area contributed by atoms with E-state index in [-0.39, 0.29) is 0 Å². The molecular weight excluding hydrogens is 226 g/mol. The minimum atomic E-state index is 0.471. The quantitative estimate of drug-likeness (QED) is 0.843. The van der Waals surface area contributed by atoms with E-state index in [9.17, 15) is 0 Å². The maximum absolute atomic E-state index is 4.55. The zero-order valence-electron chi connectivity index (χ0n) is 10.8. The number of hydrogen-bond acceptors (Lipinski definition) is 4. The highest BCUT2D eigenvalue weighted by atomic mass is 15.3. The van der Waals surface area contributed by atoms with Crippen LogP contribution < -0.4 is 10.6 Å². The number of aryl methyl sites for hydroxylation is 1. The fourth-order valence-corrected chi connectivity index (χ4v) is 2.55. The second-order valence-corrected chi connectivity index (χ2v) is 5.12. The maximum atomic E-state index is 4.55. The first-order chi connectivity index (χ1) is 8.72. The molecule has 0 saturated carbocycles. The monoisotopic (exact) mass is 245 g/mol. The lowest BCUT2D eigenvalue weighted by molar-refractivity contribution is 0.395. The molecule has 3 heterocycles. The Balaban J connectivity index is 1.80. The topological polar surface area (TPSA) is 54.2 Å². The van der Waals surface area contributed by atoms with E-state index in [4.69, 9.17) is 0 Å². The van der Waals surface area contributed by atoms with Crippen LogP contribution in [0.5, 0.6) is 0 Å². The van der Waals surface area contributed by atoms with E-state index in [2.05, 4.69) is 40.6 Å². The van der Waals surface area contributed by atoms with Gasteiger partial charge in [0, 0.05) is 18.3 Å². The summed E-state index contributed by atoms with van der Waals surface area (Å²) in [6.45, 7) is 5.33. The Morgan fingerprint density at radius 3 is 3.17 bits per heavy atom. The SMILES string of the molecule is Cc1cccn2nc(NC3CCNC(C)C3)nc12. The fraction of sp³-hybridized carbons (Fsp3) is 0.538. The summed E-state index contributed by atoms with van der Waals surface area (Å²) in [4.78, 5) is 4.55. The molecule has 2 N–H and O–H groups in total. The first kappa shape index (κ1) is 11.5. The van der Waals surface area contributed by atoms with Gasteiger partial charge in [0.05, 0.1) is 0 Å². The van der Waals surface area contributed by atoms with Crippen LogP contribution in [0.3, 0.4) is 0 Å². The minimum absolute atomic E-state index is 0.471. The summed E-state index contributed by atoms with van der Waals surface area (Å²) in [6.07, 6.45) is 4.18. The second-order valence-electron chi connectivity index (χ2n) is 5.12. The molecule has 5 nitrogen and oxygen atoms in total. The van der Waals surface area contributed by atoms with Gasteiger partial charge in [-0.05, 0) is 44.9 Å². The standard InChI is InChI=1S/C13H19N5/c1-9-4-3-7-18-12(9)16-13(17-18)15-11-5-6-14-10(2)8-11/h3-4,7,10-11,14H,5-6,8H2,1-2H3,(H,15,17). The van der Waals surface area contributed by atoms with Gasteiger partial charge in [0.25, 0.3) is 0 Å². The molecule has 18 heavy (non-hydrogen) atoms. The van der Waals surface area contributed by atoms with Crippen molar-refractivity contribution in [1.29, 1.82) is 0 Å². The molecule has 0 aliphatic carbocycles. The molecule has 2 aromatic rings. The molecule has 1 fully saturated rings. The lowest BCUT2D eigenvalue weighted by Crippen LogP contribution is -2.41. The zero-order chi connectivity index (χ0) is 12.5. The van der Waals surface area contributed by atoms with E-state index in [0.29, 0.717) is 12.1 Å². The zero-order valence-corrected chi connectivity index (χ0v) is 10.8. The van der Waals surface area contributed by atoms with Crippen molar-refractivity contribution in [3.05, 3.63) is 23.9 Å². The van der Waals surface area contributed by atoms with Crippen molar-refractivity contribution >= 4 is 11.6 Å². The van der Waals surface area contributed by atoms with Crippen LogP contribution in [0.25, 0.3) is 5.65 Å². The highest BCUT2D eigenvalue weighted by molar-refractivity contribution is 5.50. The largest absolute Gasteiger partial charge is 0.350 e. The lowest BCUT2D eigenvalue weighted by Gasteiger charge is -2.28. The first-order valence-corrected chi connectivity index (χ1v) is 6.54. The van der Waals surface area contributed by atoms with Crippen LogP contribution >= 0.6 is 0 Å². The predicted molar refractivity (Wildman–Crippen MR) is 71.8 cm³/mol. The van der Waals surface area contributed by atoms with E-state index < -0.39 is 0 Å². The third-order valence-corrected chi connectivity index (χ3v) is 3.51. The average molecular weight is 245 g/mol. The number of rotatable bonds is 2. The summed E-state index contributed by atoms with van der Waals surface area (Å²) in [6, 6.07) is 5.09. The van der Waals surface area contributed by atoms with Crippen LogP contribution in [0, 0.1) is 6.92 Å². The number of pyridine rings is 1. The second kappa shape index (κ2) is 4.57. The Morgan fingerprint density at radius 1 is 1.50 bits per heavy atom. The van der Waals surface area contributed by atoms with Crippen molar-refractivity contribution in [2.45, 2.75) is 38.8 Å². The van der Waals surface area contributed by atoms with Gasteiger partial charge in [-0.1, -0.05) is 6.07 Å². The molecule has 1 saturated heterocycles. The highest BCUT2D eigenvalue weighted by Gasteiger charge is 2.19. The van der Waals surface area contributed by atoms with Gasteiger partial charge in [0.1, 0.15) is 0 Å². The molecule has 0 bridgehead atoms. The Kier molecular flexibility index (Phi) is 2.91. The summed E-state index contributed by atoms with van der Waals surface area (Å²) in [7, 11) is 0. The van der Waals surface area contributed by atoms with E-state index in [1.165, 1.54) is 0 Å². The highest BCUT2D eigenvalue weighted by Crippen LogP contribution is 2.15. The summed E-state index contributed by atoms with van der Waals surface area (Å²) in [5, 5.41) is 11.4. The van der Waals surface area contributed by atoms with E-state index >= 15 is 0 Å². The summed E-state index contributed by atoms with van der Waals surface area (Å²) >= 11 is 0.